The van der Waals surface area contributed by atoms with Gasteiger partial charge >= 0.3 is 0 Å². The number of aromatic amines is 2. The molecular weight excluding hydrogens is 272 g/mol. The van der Waals surface area contributed by atoms with Gasteiger partial charge in [0.1, 0.15) is 0 Å². The molecule has 20 heavy (non-hydrogen) atoms. The number of hydrogen-bond donors (Lipinski definition) is 2. The van der Waals surface area contributed by atoms with Crippen LogP contribution in [0.5, 0.6) is 11.5 Å². The molecule has 0 spiro atoms. The monoisotopic (exact) mass is 292 g/mol. The number of nitrogens with one attached hydrogen (secondary N) is 2. The molecule has 0 amide bonds. The van der Waals surface area contributed by atoms with E-state index in [0.717, 1.165) is 35.6 Å². The summed E-state index contributed by atoms with van der Waals surface area (Å²) in [5.41, 5.74) is 1.96. The quantitative estimate of drug-likeness (QED) is 0.747. The number of ether oxygens (including phenoxy) is 2. The van der Waals surface area contributed by atoms with Gasteiger partial charge < -0.3 is 19.4 Å². The summed E-state index contributed by atoms with van der Waals surface area (Å²) >= 11 is 5.05. The second-order valence-electron chi connectivity index (χ2n) is 4.51. The highest BCUT2D eigenvalue weighted by Crippen LogP contribution is 2.32. The van der Waals surface area contributed by atoms with Crippen LogP contribution in [-0.4, -0.2) is 23.2 Å². The molecule has 1 aromatic heterocycles. The lowest BCUT2D eigenvalue weighted by atomic mass is 10.1. The van der Waals surface area contributed by atoms with E-state index in [4.69, 9.17) is 21.7 Å². The van der Waals surface area contributed by atoms with Gasteiger partial charge in [0, 0.05) is 11.8 Å². The molecule has 1 aromatic carbocycles. The number of rotatable bonds is 7. The average Bonchev–Trinajstić information content (AvgIpc) is 2.90. The van der Waals surface area contributed by atoms with Gasteiger partial charge in [-0.05, 0) is 43.3 Å². The van der Waals surface area contributed by atoms with Crippen molar-refractivity contribution in [3.63, 3.8) is 0 Å². The minimum Gasteiger partial charge on any atom is -0.490 e. The van der Waals surface area contributed by atoms with Crippen molar-refractivity contribution in [1.82, 2.24) is 9.97 Å². The van der Waals surface area contributed by atoms with Gasteiger partial charge in [0.15, 0.2) is 16.3 Å². The molecule has 0 aliphatic heterocycles. The van der Waals surface area contributed by atoms with E-state index in [-0.39, 0.29) is 0 Å². The Labute approximate surface area is 124 Å². The Kier molecular flexibility index (Phi) is 5.24. The Morgan fingerprint density at radius 2 is 1.75 bits per heavy atom. The molecule has 0 unspecified atom stereocenters. The van der Waals surface area contributed by atoms with Crippen LogP contribution in [0, 0.1) is 4.77 Å². The minimum atomic E-state index is 0.613. The van der Waals surface area contributed by atoms with Crippen LogP contribution >= 0.6 is 12.2 Å². The molecule has 0 saturated carbocycles. The molecule has 1 heterocycles. The van der Waals surface area contributed by atoms with Crippen LogP contribution in [-0.2, 0) is 0 Å². The van der Waals surface area contributed by atoms with Crippen LogP contribution in [0.15, 0.2) is 24.4 Å². The van der Waals surface area contributed by atoms with Crippen molar-refractivity contribution in [1.29, 1.82) is 0 Å². The van der Waals surface area contributed by atoms with E-state index in [0.29, 0.717) is 18.0 Å². The summed E-state index contributed by atoms with van der Waals surface area (Å²) in [6.07, 6.45) is 3.79. The van der Waals surface area contributed by atoms with Gasteiger partial charge in [-0.1, -0.05) is 13.8 Å². The van der Waals surface area contributed by atoms with Crippen LogP contribution in [0.2, 0.25) is 0 Å². The second kappa shape index (κ2) is 7.14. The first kappa shape index (κ1) is 14.7. The van der Waals surface area contributed by atoms with Crippen molar-refractivity contribution in [3.8, 4) is 22.8 Å². The topological polar surface area (TPSA) is 50.0 Å². The molecule has 108 valence electrons. The van der Waals surface area contributed by atoms with Gasteiger partial charge in [0.2, 0.25) is 0 Å². The third-order valence-electron chi connectivity index (χ3n) is 2.77. The normalized spacial score (nSPS) is 10.5. The first-order valence-corrected chi connectivity index (χ1v) is 7.33. The second-order valence-corrected chi connectivity index (χ2v) is 4.92. The lowest BCUT2D eigenvalue weighted by Crippen LogP contribution is -2.01. The standard InChI is InChI=1S/C15H20N2O2S/c1-3-7-18-13-6-5-11(9-14(13)19-8-4-2)12-10-16-15(20)17-12/h5-6,9-10H,3-4,7-8H2,1-2H3,(H2,16,17,20). The van der Waals surface area contributed by atoms with Crippen molar-refractivity contribution in [2.24, 2.45) is 0 Å². The smallest absolute Gasteiger partial charge is 0.174 e. The maximum Gasteiger partial charge on any atom is 0.174 e. The van der Waals surface area contributed by atoms with E-state index in [2.05, 4.69) is 23.8 Å². The summed E-state index contributed by atoms with van der Waals surface area (Å²) in [6.45, 7) is 5.53. The van der Waals surface area contributed by atoms with Gasteiger partial charge in [-0.15, -0.1) is 0 Å². The van der Waals surface area contributed by atoms with Crippen LogP contribution < -0.4 is 9.47 Å². The SMILES string of the molecule is CCCOc1ccc(-c2c[nH]c(=S)[nH]2)cc1OCCC. The Bertz CT molecular complexity index is 604. The van der Waals surface area contributed by atoms with Crippen LogP contribution in [0.25, 0.3) is 11.3 Å². The zero-order chi connectivity index (χ0) is 14.4. The molecule has 0 saturated heterocycles. The Morgan fingerprint density at radius 1 is 1.05 bits per heavy atom. The molecule has 0 aliphatic carbocycles. The Hall–Kier alpha value is -1.75. The van der Waals surface area contributed by atoms with E-state index < -0.39 is 0 Å². The number of H-pyrrole nitrogens is 2. The fourth-order valence-corrected chi connectivity index (χ4v) is 1.99. The number of aromatic nitrogens is 2. The zero-order valence-electron chi connectivity index (χ0n) is 11.9. The summed E-state index contributed by atoms with van der Waals surface area (Å²) in [5.74, 6) is 1.57. The first-order chi connectivity index (χ1) is 9.74. The molecule has 0 aliphatic rings. The van der Waals surface area contributed by atoms with Gasteiger partial charge in [-0.25, -0.2) is 0 Å². The molecular formula is C15H20N2O2S. The van der Waals surface area contributed by atoms with Crippen molar-refractivity contribution < 1.29 is 9.47 Å². The maximum absolute atomic E-state index is 5.78. The summed E-state index contributed by atoms with van der Waals surface area (Å²) in [5, 5.41) is 0. The summed E-state index contributed by atoms with van der Waals surface area (Å²) in [6, 6.07) is 5.92. The third kappa shape index (κ3) is 3.63. The highest BCUT2D eigenvalue weighted by Gasteiger charge is 2.08. The van der Waals surface area contributed by atoms with Gasteiger partial charge in [-0.3, -0.25) is 0 Å². The van der Waals surface area contributed by atoms with Crippen LogP contribution in [0.1, 0.15) is 26.7 Å². The fourth-order valence-electron chi connectivity index (χ4n) is 1.82. The van der Waals surface area contributed by atoms with Crippen molar-refractivity contribution in [2.45, 2.75) is 26.7 Å². The predicted octanol–water partition coefficient (Wildman–Crippen LogP) is 4.32. The van der Waals surface area contributed by atoms with Crippen LogP contribution in [0.4, 0.5) is 0 Å². The van der Waals surface area contributed by atoms with Crippen LogP contribution in [0.3, 0.4) is 0 Å². The molecule has 0 fully saturated rings. The van der Waals surface area contributed by atoms with E-state index in [1.54, 1.807) is 0 Å². The number of benzene rings is 1. The van der Waals surface area contributed by atoms with E-state index in [9.17, 15) is 0 Å². The average molecular weight is 292 g/mol. The maximum atomic E-state index is 5.78. The lowest BCUT2D eigenvalue weighted by molar-refractivity contribution is 0.268. The van der Waals surface area contributed by atoms with Crippen molar-refractivity contribution >= 4 is 12.2 Å². The number of imidazole rings is 1. The summed E-state index contributed by atoms with van der Waals surface area (Å²) in [4.78, 5) is 6.07. The number of hydrogen-bond acceptors (Lipinski definition) is 3. The molecule has 4 nitrogen and oxygen atoms in total. The van der Waals surface area contributed by atoms with E-state index >= 15 is 0 Å². The molecule has 5 heteroatoms. The van der Waals surface area contributed by atoms with Gasteiger partial charge in [-0.2, -0.15) is 0 Å². The molecule has 0 atom stereocenters. The molecule has 2 N–H and O–H groups in total. The largest absolute Gasteiger partial charge is 0.490 e. The van der Waals surface area contributed by atoms with E-state index in [1.807, 2.05) is 24.4 Å². The summed E-state index contributed by atoms with van der Waals surface area (Å²) < 4.78 is 12.1. The van der Waals surface area contributed by atoms with Crippen molar-refractivity contribution in [2.75, 3.05) is 13.2 Å². The first-order valence-electron chi connectivity index (χ1n) is 6.92. The Balaban J connectivity index is 2.29. The molecule has 2 rings (SSSR count). The Morgan fingerprint density at radius 3 is 2.35 bits per heavy atom. The fraction of sp³-hybridized carbons (Fsp3) is 0.400. The summed E-state index contributed by atoms with van der Waals surface area (Å²) in [7, 11) is 0. The van der Waals surface area contributed by atoms with E-state index in [1.165, 1.54) is 0 Å². The van der Waals surface area contributed by atoms with Gasteiger partial charge in [0.25, 0.3) is 0 Å². The molecule has 2 aromatic rings. The predicted molar refractivity (Wildman–Crippen MR) is 83.0 cm³/mol. The zero-order valence-corrected chi connectivity index (χ0v) is 12.7. The highest BCUT2D eigenvalue weighted by atomic mass is 32.1. The van der Waals surface area contributed by atoms with Crippen molar-refractivity contribution in [3.05, 3.63) is 29.2 Å². The lowest BCUT2D eigenvalue weighted by Gasteiger charge is -2.13. The van der Waals surface area contributed by atoms with Gasteiger partial charge in [0.05, 0.1) is 18.9 Å². The highest BCUT2D eigenvalue weighted by molar-refractivity contribution is 7.71. The third-order valence-corrected chi connectivity index (χ3v) is 2.99. The molecule has 0 bridgehead atoms. The molecule has 0 radical (unpaired) electrons. The minimum absolute atomic E-state index is 0.613.